The highest BCUT2D eigenvalue weighted by molar-refractivity contribution is 6.00. The molecule has 4 aromatic heterocycles. The first kappa shape index (κ1) is 20.5. The van der Waals surface area contributed by atoms with E-state index in [2.05, 4.69) is 25.3 Å². The summed E-state index contributed by atoms with van der Waals surface area (Å²) in [6.45, 7) is 1.51. The molecule has 2 bridgehead atoms. The summed E-state index contributed by atoms with van der Waals surface area (Å²) in [7, 11) is 0. The van der Waals surface area contributed by atoms with Crippen molar-refractivity contribution in [3.63, 3.8) is 0 Å². The van der Waals surface area contributed by atoms with E-state index in [9.17, 15) is 9.59 Å². The standard InChI is InChI=1S/C23H23N9O2/c1-12(33)18-19(29-22-17(10-28-32(22)20(18)24)13-3-2-6-25-9-13)14-7-15-4-5-16(8-14)31(15)23(34)21-26-11-27-30-21/h2-3,6,9-11,14-16H,4-5,7-8,24H2,1H3,(H,26,27,30)/t14?,15-,16+. The van der Waals surface area contributed by atoms with Gasteiger partial charge in [-0.2, -0.15) is 14.7 Å². The number of aromatic nitrogens is 7. The second-order valence-corrected chi connectivity index (χ2v) is 8.95. The Morgan fingerprint density at radius 1 is 1.18 bits per heavy atom. The predicted octanol–water partition coefficient (Wildman–Crippen LogP) is 2.24. The molecule has 2 fully saturated rings. The number of H-pyrrole nitrogens is 1. The lowest BCUT2D eigenvalue weighted by molar-refractivity contribution is 0.0556. The molecule has 11 heteroatoms. The predicted molar refractivity (Wildman–Crippen MR) is 122 cm³/mol. The SMILES string of the molecule is CC(=O)c1c(C2C[C@H]3CC[C@@H](C2)N3C(=O)c2ncn[nH]2)nc2c(-c3cccnc3)cnn2c1N. The maximum Gasteiger partial charge on any atom is 0.291 e. The number of anilines is 1. The van der Waals surface area contributed by atoms with E-state index in [1.54, 1.807) is 18.6 Å². The van der Waals surface area contributed by atoms with Gasteiger partial charge in [-0.25, -0.2) is 9.97 Å². The molecule has 0 spiro atoms. The molecular formula is C23H23N9O2. The van der Waals surface area contributed by atoms with Crippen LogP contribution in [0.4, 0.5) is 5.82 Å². The largest absolute Gasteiger partial charge is 0.383 e. The fourth-order valence-electron chi connectivity index (χ4n) is 5.58. The number of nitrogens with one attached hydrogen (secondary N) is 1. The summed E-state index contributed by atoms with van der Waals surface area (Å²) in [6.07, 6.45) is 9.72. The van der Waals surface area contributed by atoms with Crippen molar-refractivity contribution in [2.75, 3.05) is 5.73 Å². The molecule has 11 nitrogen and oxygen atoms in total. The highest BCUT2D eigenvalue weighted by atomic mass is 16.2. The number of nitrogen functional groups attached to an aromatic ring is 1. The van der Waals surface area contributed by atoms with E-state index in [0.29, 0.717) is 29.7 Å². The lowest BCUT2D eigenvalue weighted by Crippen LogP contribution is -2.46. The minimum atomic E-state index is -0.146. The molecule has 2 saturated heterocycles. The first-order chi connectivity index (χ1) is 16.5. The Labute approximate surface area is 194 Å². The molecule has 1 amide bonds. The van der Waals surface area contributed by atoms with Gasteiger partial charge >= 0.3 is 0 Å². The molecule has 0 radical (unpaired) electrons. The summed E-state index contributed by atoms with van der Waals surface area (Å²) < 4.78 is 1.53. The molecule has 2 aliphatic heterocycles. The number of rotatable bonds is 4. The Kier molecular flexibility index (Phi) is 4.64. The van der Waals surface area contributed by atoms with Gasteiger partial charge in [0.05, 0.1) is 17.5 Å². The van der Waals surface area contributed by atoms with Gasteiger partial charge in [-0.1, -0.05) is 6.07 Å². The number of aromatic amines is 1. The normalized spacial score (nSPS) is 21.8. The van der Waals surface area contributed by atoms with Crippen LogP contribution >= 0.6 is 0 Å². The summed E-state index contributed by atoms with van der Waals surface area (Å²) in [5.41, 5.74) is 9.85. The van der Waals surface area contributed by atoms with E-state index in [1.165, 1.54) is 17.8 Å². The molecule has 1 unspecified atom stereocenters. The average molecular weight is 457 g/mol. The average Bonchev–Trinajstić information content (AvgIpc) is 3.57. The van der Waals surface area contributed by atoms with E-state index >= 15 is 0 Å². The zero-order valence-corrected chi connectivity index (χ0v) is 18.5. The van der Waals surface area contributed by atoms with Crippen molar-refractivity contribution in [1.29, 1.82) is 0 Å². The van der Waals surface area contributed by atoms with Gasteiger partial charge in [-0.15, -0.1) is 0 Å². The number of carbonyl (C=O) groups excluding carboxylic acids is 2. The third kappa shape index (κ3) is 3.07. The fraction of sp³-hybridized carbons (Fsp3) is 0.348. The first-order valence-corrected chi connectivity index (χ1v) is 11.3. The van der Waals surface area contributed by atoms with Crippen LogP contribution in [-0.2, 0) is 0 Å². The fourth-order valence-corrected chi connectivity index (χ4v) is 5.58. The number of fused-ring (bicyclic) bond motifs is 3. The van der Waals surface area contributed by atoms with Gasteiger partial charge in [0.25, 0.3) is 5.91 Å². The third-order valence-electron chi connectivity index (χ3n) is 7.01. The lowest BCUT2D eigenvalue weighted by atomic mass is 9.85. The zero-order chi connectivity index (χ0) is 23.4. The Hall–Kier alpha value is -4.15. The minimum Gasteiger partial charge on any atom is -0.383 e. The Balaban J connectivity index is 1.42. The molecule has 172 valence electrons. The van der Waals surface area contributed by atoms with E-state index in [4.69, 9.17) is 10.7 Å². The van der Waals surface area contributed by atoms with Crippen LogP contribution in [0.1, 0.15) is 65.2 Å². The van der Waals surface area contributed by atoms with Crippen molar-refractivity contribution in [2.45, 2.75) is 50.6 Å². The van der Waals surface area contributed by atoms with Gasteiger partial charge in [-0.05, 0) is 38.7 Å². The molecule has 3 atom stereocenters. The summed E-state index contributed by atoms with van der Waals surface area (Å²) in [6, 6.07) is 3.88. The van der Waals surface area contributed by atoms with Crippen LogP contribution < -0.4 is 5.73 Å². The number of nitrogens with zero attached hydrogens (tertiary/aromatic N) is 7. The Morgan fingerprint density at radius 2 is 1.97 bits per heavy atom. The second kappa shape index (κ2) is 7.72. The van der Waals surface area contributed by atoms with E-state index in [0.717, 1.165) is 24.0 Å². The molecule has 6 heterocycles. The molecule has 34 heavy (non-hydrogen) atoms. The number of carbonyl (C=O) groups is 2. The van der Waals surface area contributed by atoms with Crippen LogP contribution in [0, 0.1) is 0 Å². The van der Waals surface area contributed by atoms with Crippen molar-refractivity contribution >= 4 is 23.2 Å². The number of pyridine rings is 1. The van der Waals surface area contributed by atoms with E-state index in [-0.39, 0.29) is 41.3 Å². The molecule has 6 rings (SSSR count). The highest BCUT2D eigenvalue weighted by Gasteiger charge is 2.45. The highest BCUT2D eigenvalue weighted by Crippen LogP contribution is 2.45. The number of Topliss-reactive ketones (excluding diaryl/α,β-unsaturated/α-hetero) is 1. The number of piperidine rings is 1. The molecule has 3 N–H and O–H groups in total. The van der Waals surface area contributed by atoms with Crippen molar-refractivity contribution in [3.8, 4) is 11.1 Å². The Morgan fingerprint density at radius 3 is 2.62 bits per heavy atom. The number of amides is 1. The van der Waals surface area contributed by atoms with Gasteiger partial charge in [0.1, 0.15) is 12.1 Å². The zero-order valence-electron chi connectivity index (χ0n) is 18.5. The van der Waals surface area contributed by atoms with Crippen LogP contribution in [-0.4, -0.2) is 63.4 Å². The van der Waals surface area contributed by atoms with Crippen LogP contribution in [0.2, 0.25) is 0 Å². The smallest absolute Gasteiger partial charge is 0.291 e. The summed E-state index contributed by atoms with van der Waals surface area (Å²) >= 11 is 0. The van der Waals surface area contributed by atoms with Crippen LogP contribution in [0.3, 0.4) is 0 Å². The monoisotopic (exact) mass is 457 g/mol. The van der Waals surface area contributed by atoms with E-state index in [1.807, 2.05) is 17.0 Å². The number of ketones is 1. The van der Waals surface area contributed by atoms with Crippen molar-refractivity contribution in [3.05, 3.63) is 54.1 Å². The summed E-state index contributed by atoms with van der Waals surface area (Å²) in [5.74, 6) is 0.263. The van der Waals surface area contributed by atoms with Gasteiger partial charge < -0.3 is 10.6 Å². The van der Waals surface area contributed by atoms with Gasteiger partial charge in [0.15, 0.2) is 11.4 Å². The maximum absolute atomic E-state index is 13.0. The summed E-state index contributed by atoms with van der Waals surface area (Å²) in [5, 5.41) is 10.9. The topological polar surface area (TPSA) is 148 Å². The van der Waals surface area contributed by atoms with Crippen molar-refractivity contribution < 1.29 is 9.59 Å². The number of hydrogen-bond donors (Lipinski definition) is 2. The quantitative estimate of drug-likeness (QED) is 0.443. The minimum absolute atomic E-state index is 0.000811. The third-order valence-corrected chi connectivity index (χ3v) is 7.01. The molecular weight excluding hydrogens is 434 g/mol. The van der Waals surface area contributed by atoms with Crippen LogP contribution in [0.25, 0.3) is 16.8 Å². The van der Waals surface area contributed by atoms with E-state index < -0.39 is 0 Å². The van der Waals surface area contributed by atoms with Gasteiger partial charge in [0.2, 0.25) is 5.82 Å². The number of hydrogen-bond acceptors (Lipinski definition) is 8. The van der Waals surface area contributed by atoms with Crippen molar-refractivity contribution in [2.24, 2.45) is 0 Å². The number of nitrogens with two attached hydrogens (primary N) is 1. The molecule has 2 aliphatic rings. The molecule has 0 saturated carbocycles. The van der Waals surface area contributed by atoms with Crippen LogP contribution in [0.15, 0.2) is 37.1 Å². The summed E-state index contributed by atoms with van der Waals surface area (Å²) in [4.78, 5) is 40.9. The first-order valence-electron chi connectivity index (χ1n) is 11.3. The van der Waals surface area contributed by atoms with Crippen LogP contribution in [0.5, 0.6) is 0 Å². The molecule has 0 aromatic carbocycles. The van der Waals surface area contributed by atoms with Crippen molar-refractivity contribution in [1.82, 2.24) is 39.7 Å². The second-order valence-electron chi connectivity index (χ2n) is 8.95. The molecule has 4 aromatic rings. The van der Waals surface area contributed by atoms with Gasteiger partial charge in [-0.3, -0.25) is 19.7 Å². The molecule has 0 aliphatic carbocycles. The lowest BCUT2D eigenvalue weighted by Gasteiger charge is -2.38. The Bertz CT molecular complexity index is 1380. The van der Waals surface area contributed by atoms with Gasteiger partial charge in [0, 0.05) is 41.5 Å². The maximum atomic E-state index is 13.0.